The van der Waals surface area contributed by atoms with Crippen LogP contribution in [0.25, 0.3) is 0 Å². The summed E-state index contributed by atoms with van der Waals surface area (Å²) in [7, 11) is 0. The fourth-order valence-electron chi connectivity index (χ4n) is 3.15. The molecule has 7 heteroatoms. The number of halogens is 1. The van der Waals surface area contributed by atoms with Gasteiger partial charge in [0.1, 0.15) is 5.82 Å². The van der Waals surface area contributed by atoms with Gasteiger partial charge in [0.05, 0.1) is 12.6 Å². The first-order valence-corrected chi connectivity index (χ1v) is 8.84. The summed E-state index contributed by atoms with van der Waals surface area (Å²) in [6.07, 6.45) is 0.925. The van der Waals surface area contributed by atoms with Gasteiger partial charge in [0.25, 0.3) is 0 Å². The Morgan fingerprint density at radius 2 is 1.96 bits per heavy atom. The van der Waals surface area contributed by atoms with Crippen LogP contribution >= 0.6 is 0 Å². The first kappa shape index (κ1) is 18.0. The molecule has 1 aromatic heterocycles. The molecule has 25 heavy (non-hydrogen) atoms. The smallest absolute Gasteiger partial charge is 0.226 e. The van der Waals surface area contributed by atoms with Crippen LogP contribution in [0.1, 0.15) is 36.7 Å². The Balaban J connectivity index is 1.52. The van der Waals surface area contributed by atoms with E-state index in [4.69, 9.17) is 4.52 Å². The summed E-state index contributed by atoms with van der Waals surface area (Å²) in [5.74, 6) is 1.03. The number of nitrogens with zero attached hydrogens (tertiary/aromatic N) is 4. The van der Waals surface area contributed by atoms with E-state index in [1.54, 1.807) is 18.2 Å². The van der Waals surface area contributed by atoms with Gasteiger partial charge in [0.2, 0.25) is 5.89 Å². The summed E-state index contributed by atoms with van der Waals surface area (Å²) >= 11 is 0. The van der Waals surface area contributed by atoms with Crippen LogP contribution in [0.4, 0.5) is 4.39 Å². The molecule has 0 aliphatic carbocycles. The molecule has 0 saturated carbocycles. The van der Waals surface area contributed by atoms with Crippen molar-refractivity contribution in [2.24, 2.45) is 0 Å². The van der Waals surface area contributed by atoms with Crippen LogP contribution in [0, 0.1) is 5.82 Å². The topological polar surface area (TPSA) is 65.6 Å². The maximum absolute atomic E-state index is 13.8. The van der Waals surface area contributed by atoms with Gasteiger partial charge < -0.3 is 9.63 Å². The van der Waals surface area contributed by atoms with Crippen molar-refractivity contribution < 1.29 is 14.0 Å². The van der Waals surface area contributed by atoms with Crippen molar-refractivity contribution in [3.63, 3.8) is 0 Å². The summed E-state index contributed by atoms with van der Waals surface area (Å²) in [4.78, 5) is 8.83. The minimum Gasteiger partial charge on any atom is -0.387 e. The quantitative estimate of drug-likeness (QED) is 0.861. The molecule has 0 amide bonds. The first-order valence-electron chi connectivity index (χ1n) is 8.84. The largest absolute Gasteiger partial charge is 0.387 e. The molecule has 1 N–H and O–H groups in total. The molecule has 3 rings (SSSR count). The lowest BCUT2D eigenvalue weighted by atomic mass is 10.1. The molecule has 1 atom stereocenters. The van der Waals surface area contributed by atoms with Crippen molar-refractivity contribution in [2.45, 2.75) is 32.4 Å². The summed E-state index contributed by atoms with van der Waals surface area (Å²) in [5, 5.41) is 14.4. The molecule has 1 aliphatic heterocycles. The second-order valence-electron chi connectivity index (χ2n) is 6.43. The van der Waals surface area contributed by atoms with Crippen molar-refractivity contribution in [1.82, 2.24) is 19.9 Å². The van der Waals surface area contributed by atoms with Crippen molar-refractivity contribution in [3.05, 3.63) is 47.4 Å². The Bertz CT molecular complexity index is 679. The van der Waals surface area contributed by atoms with E-state index in [1.165, 1.54) is 6.07 Å². The lowest BCUT2D eigenvalue weighted by Crippen LogP contribution is -2.33. The number of aliphatic hydroxyl groups is 1. The summed E-state index contributed by atoms with van der Waals surface area (Å²) in [6.45, 7) is 6.62. The van der Waals surface area contributed by atoms with Gasteiger partial charge in [-0.1, -0.05) is 30.3 Å². The molecular weight excluding hydrogens is 323 g/mol. The van der Waals surface area contributed by atoms with Crippen LogP contribution in [0.15, 0.2) is 28.8 Å². The van der Waals surface area contributed by atoms with E-state index < -0.39 is 6.10 Å². The maximum Gasteiger partial charge on any atom is 0.226 e. The third kappa shape index (κ3) is 4.84. The maximum atomic E-state index is 13.8. The van der Waals surface area contributed by atoms with Crippen molar-refractivity contribution >= 4 is 0 Å². The normalized spacial score (nSPS) is 18.2. The number of β-amino-alcohol motifs (C(OH)–C–C–N with tert-alkyl or cyclic N) is 1. The average Bonchev–Trinajstić information content (AvgIpc) is 2.95. The standard InChI is InChI=1S/C18H25FN4O2/c1-2-18-20-17(21-25-18)13-23-9-5-8-22(10-11-23)12-16(24)14-6-3-4-7-15(14)19/h3-4,6-7,16,24H,2,5,8-13H2,1H3/t16-/m1/s1. The van der Waals surface area contributed by atoms with Crippen molar-refractivity contribution in [2.75, 3.05) is 32.7 Å². The molecule has 1 aromatic carbocycles. The molecule has 1 aliphatic rings. The van der Waals surface area contributed by atoms with Crippen LogP contribution in [-0.4, -0.2) is 57.8 Å². The number of hydrogen-bond acceptors (Lipinski definition) is 6. The average molecular weight is 348 g/mol. The summed E-state index contributed by atoms with van der Waals surface area (Å²) < 4.78 is 19.0. The minimum atomic E-state index is -0.808. The van der Waals surface area contributed by atoms with Gasteiger partial charge in [0.15, 0.2) is 5.82 Å². The molecule has 6 nitrogen and oxygen atoms in total. The number of benzene rings is 1. The van der Waals surface area contributed by atoms with Gasteiger partial charge in [-0.25, -0.2) is 4.39 Å². The van der Waals surface area contributed by atoms with Crippen LogP contribution in [-0.2, 0) is 13.0 Å². The lowest BCUT2D eigenvalue weighted by molar-refractivity contribution is 0.111. The monoisotopic (exact) mass is 348 g/mol. The SMILES string of the molecule is CCc1nc(CN2CCCN(C[C@@H](O)c3ccccc3F)CC2)no1. The fourth-order valence-corrected chi connectivity index (χ4v) is 3.15. The minimum absolute atomic E-state index is 0.352. The number of hydrogen-bond donors (Lipinski definition) is 1. The molecule has 136 valence electrons. The van der Waals surface area contributed by atoms with Gasteiger partial charge in [-0.2, -0.15) is 4.98 Å². The van der Waals surface area contributed by atoms with E-state index >= 15 is 0 Å². The highest BCUT2D eigenvalue weighted by Gasteiger charge is 2.20. The number of aryl methyl sites for hydroxylation is 1. The lowest BCUT2D eigenvalue weighted by Gasteiger charge is -2.24. The second-order valence-corrected chi connectivity index (χ2v) is 6.43. The van der Waals surface area contributed by atoms with Crippen LogP contribution in [0.5, 0.6) is 0 Å². The third-order valence-corrected chi connectivity index (χ3v) is 4.55. The highest BCUT2D eigenvalue weighted by molar-refractivity contribution is 5.20. The van der Waals surface area contributed by atoms with Crippen LogP contribution < -0.4 is 0 Å². The second kappa shape index (κ2) is 8.51. The van der Waals surface area contributed by atoms with Gasteiger partial charge in [-0.15, -0.1) is 0 Å². The number of aromatic nitrogens is 2. The fraction of sp³-hybridized carbons (Fsp3) is 0.556. The highest BCUT2D eigenvalue weighted by atomic mass is 19.1. The van der Waals surface area contributed by atoms with E-state index in [-0.39, 0.29) is 5.82 Å². The molecule has 1 saturated heterocycles. The first-order chi connectivity index (χ1) is 12.2. The molecule has 2 aromatic rings. The van der Waals surface area contributed by atoms with E-state index in [2.05, 4.69) is 19.9 Å². The molecule has 0 spiro atoms. The van der Waals surface area contributed by atoms with E-state index in [0.29, 0.717) is 24.5 Å². The van der Waals surface area contributed by atoms with E-state index in [9.17, 15) is 9.50 Å². The molecule has 0 radical (unpaired) electrons. The summed E-state index contributed by atoms with van der Waals surface area (Å²) in [6, 6.07) is 6.42. The van der Waals surface area contributed by atoms with Gasteiger partial charge in [-0.05, 0) is 25.6 Å². The zero-order chi connectivity index (χ0) is 17.6. The Hall–Kier alpha value is -1.83. The molecule has 2 heterocycles. The van der Waals surface area contributed by atoms with Gasteiger partial charge >= 0.3 is 0 Å². The third-order valence-electron chi connectivity index (χ3n) is 4.55. The number of rotatable bonds is 6. The zero-order valence-electron chi connectivity index (χ0n) is 14.6. The number of aliphatic hydroxyl groups excluding tert-OH is 1. The Morgan fingerprint density at radius 3 is 2.72 bits per heavy atom. The predicted molar refractivity (Wildman–Crippen MR) is 91.4 cm³/mol. The van der Waals surface area contributed by atoms with Crippen molar-refractivity contribution in [3.8, 4) is 0 Å². The molecule has 0 unspecified atom stereocenters. The summed E-state index contributed by atoms with van der Waals surface area (Å²) in [5.41, 5.74) is 0.363. The Kier molecular flexibility index (Phi) is 6.12. The van der Waals surface area contributed by atoms with Gasteiger partial charge in [0, 0.05) is 31.6 Å². The van der Waals surface area contributed by atoms with E-state index in [0.717, 1.165) is 44.8 Å². The van der Waals surface area contributed by atoms with Crippen LogP contribution in [0.2, 0.25) is 0 Å². The van der Waals surface area contributed by atoms with Crippen LogP contribution in [0.3, 0.4) is 0 Å². The van der Waals surface area contributed by atoms with Gasteiger partial charge in [-0.3, -0.25) is 9.80 Å². The molecular formula is C18H25FN4O2. The van der Waals surface area contributed by atoms with E-state index in [1.807, 2.05) is 6.92 Å². The molecule has 1 fully saturated rings. The predicted octanol–water partition coefficient (Wildman–Crippen LogP) is 2.01. The Morgan fingerprint density at radius 1 is 1.20 bits per heavy atom. The zero-order valence-corrected chi connectivity index (χ0v) is 14.6. The highest BCUT2D eigenvalue weighted by Crippen LogP contribution is 2.18. The Labute approximate surface area is 147 Å². The molecule has 0 bridgehead atoms. The van der Waals surface area contributed by atoms with Crippen molar-refractivity contribution in [1.29, 1.82) is 0 Å².